The molecule has 11 heavy (non-hydrogen) atoms. The van der Waals surface area contributed by atoms with E-state index in [9.17, 15) is 0 Å². The van der Waals surface area contributed by atoms with Crippen LogP contribution in [-0.2, 0) is 6.16 Å². The second-order valence-electron chi connectivity index (χ2n) is 2.27. The molecule has 1 aromatic rings. The standard InChI is InChI=1S/C9H13OP/c1-10-9-5-3-8(4-6-9)7-11-2/h3-6,11H,7H2,1-2H3/i2D. The van der Waals surface area contributed by atoms with E-state index in [0.29, 0.717) is 15.2 Å². The first-order valence-electron chi connectivity index (χ1n) is 4.20. The fourth-order valence-electron chi connectivity index (χ4n) is 0.888. The molecule has 0 aromatic heterocycles. The summed E-state index contributed by atoms with van der Waals surface area (Å²) in [5, 5.41) is 0. The molecule has 0 aliphatic heterocycles. The largest absolute Gasteiger partial charge is 0.497 e. The average molecular weight is 169 g/mol. The molecule has 0 bridgehead atoms. The van der Waals surface area contributed by atoms with Gasteiger partial charge in [-0.15, -0.1) is 8.58 Å². The highest BCUT2D eigenvalue weighted by Gasteiger charge is 1.91. The maximum atomic E-state index is 7.02. The maximum absolute atomic E-state index is 7.02. The number of rotatable bonds is 3. The molecule has 0 radical (unpaired) electrons. The Bertz CT molecular complexity index is 222. The van der Waals surface area contributed by atoms with Crippen LogP contribution in [0.15, 0.2) is 24.3 Å². The molecular weight excluding hydrogens is 155 g/mol. The van der Waals surface area contributed by atoms with Crippen molar-refractivity contribution in [2.24, 2.45) is 0 Å². The van der Waals surface area contributed by atoms with Crippen LogP contribution < -0.4 is 4.74 Å². The van der Waals surface area contributed by atoms with Gasteiger partial charge in [-0.2, -0.15) is 0 Å². The molecule has 0 spiro atoms. The summed E-state index contributed by atoms with van der Waals surface area (Å²) in [6.45, 7) is 0.534. The highest BCUT2D eigenvalue weighted by molar-refractivity contribution is 7.36. The van der Waals surface area contributed by atoms with Crippen LogP contribution in [-0.4, -0.2) is 13.8 Å². The molecule has 1 aromatic carbocycles. The van der Waals surface area contributed by atoms with Gasteiger partial charge < -0.3 is 4.74 Å². The van der Waals surface area contributed by atoms with Gasteiger partial charge in [-0.3, -0.25) is 0 Å². The fraction of sp³-hybridized carbons (Fsp3) is 0.333. The van der Waals surface area contributed by atoms with E-state index < -0.39 is 0 Å². The summed E-state index contributed by atoms with van der Waals surface area (Å²) >= 11 is 0. The predicted molar refractivity (Wildman–Crippen MR) is 50.9 cm³/mol. The monoisotopic (exact) mass is 169 g/mol. The summed E-state index contributed by atoms with van der Waals surface area (Å²) in [6.07, 6.45) is 1.02. The van der Waals surface area contributed by atoms with Crippen molar-refractivity contribution in [3.63, 3.8) is 0 Å². The Morgan fingerprint density at radius 2 is 2.18 bits per heavy atom. The third kappa shape index (κ3) is 2.51. The number of ether oxygens (including phenoxy) is 1. The van der Waals surface area contributed by atoms with Crippen LogP contribution in [0.1, 0.15) is 6.93 Å². The predicted octanol–water partition coefficient (Wildman–Crippen LogP) is 2.50. The molecule has 0 saturated carbocycles. The lowest BCUT2D eigenvalue weighted by Crippen LogP contribution is -1.82. The van der Waals surface area contributed by atoms with E-state index >= 15 is 0 Å². The molecule has 0 heterocycles. The summed E-state index contributed by atoms with van der Waals surface area (Å²) in [4.78, 5) is 0. The zero-order valence-electron chi connectivity index (χ0n) is 7.63. The van der Waals surface area contributed by atoms with Crippen molar-refractivity contribution in [3.05, 3.63) is 29.8 Å². The van der Waals surface area contributed by atoms with Gasteiger partial charge in [-0.25, -0.2) is 0 Å². The maximum Gasteiger partial charge on any atom is 0.118 e. The zero-order valence-corrected chi connectivity index (χ0v) is 7.63. The number of methoxy groups -OCH3 is 1. The van der Waals surface area contributed by atoms with Gasteiger partial charge in [0.05, 0.1) is 7.11 Å². The minimum Gasteiger partial charge on any atom is -0.497 e. The molecule has 0 saturated heterocycles. The third-order valence-electron chi connectivity index (χ3n) is 1.49. The Labute approximate surface area is 71.0 Å². The molecular formula is C9H13OP. The number of benzene rings is 1. The Hall–Kier alpha value is -0.550. The molecule has 2 heteroatoms. The highest BCUT2D eigenvalue weighted by atomic mass is 31.1. The van der Waals surface area contributed by atoms with Crippen LogP contribution >= 0.6 is 8.58 Å². The summed E-state index contributed by atoms with van der Waals surface area (Å²) in [5.74, 6) is 0.896. The molecule has 1 atom stereocenters. The van der Waals surface area contributed by atoms with E-state index in [1.165, 1.54) is 5.56 Å². The molecule has 1 unspecified atom stereocenters. The van der Waals surface area contributed by atoms with Crippen molar-refractivity contribution in [1.82, 2.24) is 0 Å². The van der Waals surface area contributed by atoms with Crippen molar-refractivity contribution in [2.75, 3.05) is 13.8 Å². The van der Waals surface area contributed by atoms with Gasteiger partial charge in [-0.1, -0.05) is 12.1 Å². The zero-order chi connectivity index (χ0) is 8.81. The van der Waals surface area contributed by atoms with Gasteiger partial charge in [0, 0.05) is 1.37 Å². The summed E-state index contributed by atoms with van der Waals surface area (Å²) in [6, 6.07) is 8.04. The SMILES string of the molecule is [2H]CPCc1ccc(OC)cc1. The van der Waals surface area contributed by atoms with Gasteiger partial charge in [0.25, 0.3) is 0 Å². The van der Waals surface area contributed by atoms with Crippen molar-refractivity contribution in [1.29, 1.82) is 0 Å². The van der Waals surface area contributed by atoms with Crippen LogP contribution in [0.4, 0.5) is 0 Å². The lowest BCUT2D eigenvalue weighted by atomic mass is 10.2. The topological polar surface area (TPSA) is 9.23 Å². The van der Waals surface area contributed by atoms with Crippen molar-refractivity contribution in [3.8, 4) is 5.75 Å². The highest BCUT2D eigenvalue weighted by Crippen LogP contribution is 2.17. The normalized spacial score (nSPS) is 11.9. The molecule has 1 nitrogen and oxygen atoms in total. The molecule has 0 fully saturated rings. The molecule has 0 N–H and O–H groups in total. The first-order chi connectivity index (χ1) is 5.86. The van der Waals surface area contributed by atoms with Crippen LogP contribution in [0.5, 0.6) is 5.75 Å². The minimum absolute atomic E-state index is 0.534. The molecule has 0 aliphatic rings. The van der Waals surface area contributed by atoms with Gasteiger partial charge in [0.2, 0.25) is 0 Å². The van der Waals surface area contributed by atoms with Crippen molar-refractivity contribution < 1.29 is 6.11 Å². The Balaban J connectivity index is 2.53. The fourth-order valence-corrected chi connectivity index (χ4v) is 1.41. The van der Waals surface area contributed by atoms with Gasteiger partial charge in [0.15, 0.2) is 0 Å². The van der Waals surface area contributed by atoms with E-state index in [2.05, 4.69) is 12.1 Å². The first-order valence-corrected chi connectivity index (χ1v) is 4.91. The van der Waals surface area contributed by atoms with E-state index in [1.807, 2.05) is 12.1 Å². The van der Waals surface area contributed by atoms with Crippen LogP contribution in [0.2, 0.25) is 0 Å². The quantitative estimate of drug-likeness (QED) is 0.632. The van der Waals surface area contributed by atoms with E-state index in [0.717, 1.165) is 11.9 Å². The second-order valence-corrected chi connectivity index (χ2v) is 3.13. The lowest BCUT2D eigenvalue weighted by Gasteiger charge is -2.00. The van der Waals surface area contributed by atoms with Crippen LogP contribution in [0.3, 0.4) is 0 Å². The van der Waals surface area contributed by atoms with E-state index in [1.54, 1.807) is 7.11 Å². The molecule has 1 rings (SSSR count). The first kappa shape index (κ1) is 7.12. The van der Waals surface area contributed by atoms with E-state index in [-0.39, 0.29) is 0 Å². The molecule has 0 aliphatic carbocycles. The third-order valence-corrected chi connectivity index (χ3v) is 2.15. The van der Waals surface area contributed by atoms with Crippen molar-refractivity contribution >= 4 is 8.58 Å². The molecule has 0 amide bonds. The smallest absolute Gasteiger partial charge is 0.118 e. The summed E-state index contributed by atoms with van der Waals surface area (Å²) in [7, 11) is 2.38. The summed E-state index contributed by atoms with van der Waals surface area (Å²) in [5.41, 5.74) is 1.29. The second kappa shape index (κ2) is 4.35. The van der Waals surface area contributed by atoms with E-state index in [4.69, 9.17) is 6.11 Å². The lowest BCUT2D eigenvalue weighted by molar-refractivity contribution is 0.414. The number of hydrogen-bond donors (Lipinski definition) is 0. The Morgan fingerprint density at radius 1 is 1.45 bits per heavy atom. The van der Waals surface area contributed by atoms with Gasteiger partial charge in [0.1, 0.15) is 5.75 Å². The van der Waals surface area contributed by atoms with Gasteiger partial charge in [-0.05, 0) is 30.5 Å². The Kier molecular flexibility index (Phi) is 2.82. The van der Waals surface area contributed by atoms with Crippen LogP contribution in [0, 0.1) is 0 Å². The van der Waals surface area contributed by atoms with Gasteiger partial charge >= 0.3 is 0 Å². The number of hydrogen-bond acceptors (Lipinski definition) is 1. The van der Waals surface area contributed by atoms with Crippen molar-refractivity contribution in [2.45, 2.75) is 6.16 Å². The average Bonchev–Trinajstić information content (AvgIpc) is 2.15. The molecule has 60 valence electrons. The Morgan fingerprint density at radius 3 is 2.73 bits per heavy atom. The summed E-state index contributed by atoms with van der Waals surface area (Å²) < 4.78 is 12.1. The minimum atomic E-state index is 0.534. The van der Waals surface area contributed by atoms with Crippen LogP contribution in [0.25, 0.3) is 0 Å².